The smallest absolute Gasteiger partial charge is 0.329 e. The minimum absolute atomic E-state index is 0.128. The third kappa shape index (κ3) is 3.54. The van der Waals surface area contributed by atoms with Gasteiger partial charge in [0.15, 0.2) is 0 Å². The summed E-state index contributed by atoms with van der Waals surface area (Å²) in [4.78, 5) is 38.0. The number of imide groups is 1. The number of nitrogens with zero attached hydrogens (tertiary/aromatic N) is 1. The lowest BCUT2D eigenvalue weighted by Gasteiger charge is -2.12. The van der Waals surface area contributed by atoms with Crippen molar-refractivity contribution in [1.82, 2.24) is 5.06 Å². The molecule has 2 amide bonds. The molecule has 0 bridgehead atoms. The van der Waals surface area contributed by atoms with Gasteiger partial charge in [0.25, 0.3) is 11.8 Å². The Labute approximate surface area is 92.1 Å². The van der Waals surface area contributed by atoms with Crippen LogP contribution in [0.15, 0.2) is 0 Å². The molecule has 0 saturated carbocycles. The number of amides is 2. The molecule has 0 atom stereocenters. The van der Waals surface area contributed by atoms with E-state index in [0.29, 0.717) is 10.3 Å². The van der Waals surface area contributed by atoms with Crippen LogP contribution in [0.1, 0.15) is 26.7 Å². The van der Waals surface area contributed by atoms with Crippen molar-refractivity contribution in [1.29, 1.82) is 0 Å². The first-order valence-electron chi connectivity index (χ1n) is 4.69. The van der Waals surface area contributed by atoms with E-state index in [-0.39, 0.29) is 18.6 Å². The Morgan fingerprint density at radius 1 is 1.40 bits per heavy atom. The van der Waals surface area contributed by atoms with Crippen LogP contribution in [0.5, 0.6) is 0 Å². The van der Waals surface area contributed by atoms with Crippen molar-refractivity contribution in [3.05, 3.63) is 0 Å². The normalized spacial score (nSPS) is 16.3. The first-order valence-corrected chi connectivity index (χ1v) is 5.73. The highest BCUT2D eigenvalue weighted by molar-refractivity contribution is 8.00. The Morgan fingerprint density at radius 3 is 2.40 bits per heavy atom. The van der Waals surface area contributed by atoms with Crippen molar-refractivity contribution in [3.63, 3.8) is 0 Å². The zero-order valence-corrected chi connectivity index (χ0v) is 9.50. The number of thioether (sulfide) groups is 1. The molecule has 0 aliphatic carbocycles. The maximum absolute atomic E-state index is 11.2. The molecule has 15 heavy (non-hydrogen) atoms. The Balaban J connectivity index is 2.37. The number of hydrogen-bond donors (Lipinski definition) is 0. The standard InChI is InChI=1S/C9H13NO4S/c1-6(2)15-5-9(13)14-10-7(11)3-4-8(10)12/h6H,3-5H2,1-2H3. The van der Waals surface area contributed by atoms with Crippen LogP contribution >= 0.6 is 11.8 Å². The van der Waals surface area contributed by atoms with E-state index in [1.807, 2.05) is 13.8 Å². The predicted molar refractivity (Wildman–Crippen MR) is 54.8 cm³/mol. The summed E-state index contributed by atoms with van der Waals surface area (Å²) in [7, 11) is 0. The van der Waals surface area contributed by atoms with E-state index in [4.69, 9.17) is 0 Å². The topological polar surface area (TPSA) is 63.7 Å². The second-order valence-corrected chi connectivity index (χ2v) is 4.97. The van der Waals surface area contributed by atoms with Crippen LogP contribution in [0.2, 0.25) is 0 Å². The van der Waals surface area contributed by atoms with E-state index in [1.165, 1.54) is 11.8 Å². The van der Waals surface area contributed by atoms with Crippen LogP contribution in [0, 0.1) is 0 Å². The fraction of sp³-hybridized carbons (Fsp3) is 0.667. The Morgan fingerprint density at radius 2 is 1.93 bits per heavy atom. The highest BCUT2D eigenvalue weighted by Crippen LogP contribution is 2.14. The Kier molecular flexibility index (Phi) is 4.14. The van der Waals surface area contributed by atoms with Crippen LogP contribution in [-0.2, 0) is 19.2 Å². The van der Waals surface area contributed by atoms with Crippen molar-refractivity contribution in [3.8, 4) is 0 Å². The predicted octanol–water partition coefficient (Wildman–Crippen LogP) is 0.735. The monoisotopic (exact) mass is 231 g/mol. The van der Waals surface area contributed by atoms with Gasteiger partial charge in [0, 0.05) is 12.8 Å². The van der Waals surface area contributed by atoms with Gasteiger partial charge in [0.2, 0.25) is 0 Å². The molecule has 1 heterocycles. The summed E-state index contributed by atoms with van der Waals surface area (Å²) in [6.45, 7) is 3.90. The summed E-state index contributed by atoms with van der Waals surface area (Å²) in [6.07, 6.45) is 0.257. The van der Waals surface area contributed by atoms with Gasteiger partial charge in [0.05, 0.1) is 5.75 Å². The van der Waals surface area contributed by atoms with Crippen LogP contribution in [0.25, 0.3) is 0 Å². The number of hydrogen-bond acceptors (Lipinski definition) is 5. The third-order valence-electron chi connectivity index (χ3n) is 1.73. The van der Waals surface area contributed by atoms with Crippen molar-refractivity contribution in [2.24, 2.45) is 0 Å². The highest BCUT2D eigenvalue weighted by atomic mass is 32.2. The van der Waals surface area contributed by atoms with E-state index in [2.05, 4.69) is 4.84 Å². The summed E-state index contributed by atoms with van der Waals surface area (Å²) in [5.74, 6) is -1.29. The van der Waals surface area contributed by atoms with Gasteiger partial charge in [-0.3, -0.25) is 9.59 Å². The second-order valence-electron chi connectivity index (χ2n) is 3.40. The van der Waals surface area contributed by atoms with E-state index in [1.54, 1.807) is 0 Å². The molecular formula is C9H13NO4S. The molecule has 84 valence electrons. The van der Waals surface area contributed by atoms with Gasteiger partial charge in [0.1, 0.15) is 0 Å². The molecule has 0 radical (unpaired) electrons. The Bertz CT molecular complexity index is 274. The molecule has 5 nitrogen and oxygen atoms in total. The van der Waals surface area contributed by atoms with Gasteiger partial charge in [-0.15, -0.1) is 16.8 Å². The molecule has 1 aliphatic rings. The van der Waals surface area contributed by atoms with Gasteiger partial charge in [-0.2, -0.15) is 0 Å². The summed E-state index contributed by atoms with van der Waals surface area (Å²) in [6, 6.07) is 0. The van der Waals surface area contributed by atoms with Gasteiger partial charge in [-0.05, 0) is 5.25 Å². The largest absolute Gasteiger partial charge is 0.342 e. The quantitative estimate of drug-likeness (QED) is 0.667. The molecule has 0 aromatic carbocycles. The molecule has 1 saturated heterocycles. The Hall–Kier alpha value is -1.04. The second kappa shape index (κ2) is 5.16. The maximum Gasteiger partial charge on any atom is 0.342 e. The summed E-state index contributed by atoms with van der Waals surface area (Å²) in [5.41, 5.74) is 0. The van der Waals surface area contributed by atoms with E-state index < -0.39 is 17.8 Å². The molecule has 1 aliphatic heterocycles. The highest BCUT2D eigenvalue weighted by Gasteiger charge is 2.32. The molecule has 1 fully saturated rings. The molecular weight excluding hydrogens is 218 g/mol. The van der Waals surface area contributed by atoms with E-state index in [0.717, 1.165) is 0 Å². The summed E-state index contributed by atoms with van der Waals surface area (Å²) >= 11 is 1.40. The van der Waals surface area contributed by atoms with Crippen LogP contribution in [0.3, 0.4) is 0 Å². The third-order valence-corrected chi connectivity index (χ3v) is 2.80. The van der Waals surface area contributed by atoms with Crippen LogP contribution < -0.4 is 0 Å². The fourth-order valence-electron chi connectivity index (χ4n) is 1.02. The number of hydroxylamine groups is 2. The maximum atomic E-state index is 11.2. The van der Waals surface area contributed by atoms with Gasteiger partial charge in [-0.25, -0.2) is 4.79 Å². The lowest BCUT2D eigenvalue weighted by Crippen LogP contribution is -2.32. The first kappa shape index (κ1) is 12.0. The lowest BCUT2D eigenvalue weighted by molar-refractivity contribution is -0.195. The van der Waals surface area contributed by atoms with Crippen LogP contribution in [0.4, 0.5) is 0 Å². The zero-order valence-electron chi connectivity index (χ0n) is 8.69. The van der Waals surface area contributed by atoms with Gasteiger partial charge >= 0.3 is 5.97 Å². The van der Waals surface area contributed by atoms with Crippen LogP contribution in [-0.4, -0.2) is 33.8 Å². The molecule has 0 spiro atoms. The van der Waals surface area contributed by atoms with Crippen molar-refractivity contribution in [2.75, 3.05) is 5.75 Å². The molecule has 0 unspecified atom stereocenters. The minimum Gasteiger partial charge on any atom is -0.329 e. The number of carbonyl (C=O) groups excluding carboxylic acids is 3. The van der Waals surface area contributed by atoms with Gasteiger partial charge in [-0.1, -0.05) is 13.8 Å². The average Bonchev–Trinajstić information content (AvgIpc) is 2.46. The molecule has 0 N–H and O–H groups in total. The minimum atomic E-state index is -0.558. The summed E-state index contributed by atoms with van der Waals surface area (Å²) < 4.78 is 0. The summed E-state index contributed by atoms with van der Waals surface area (Å²) in [5, 5.41) is 0.881. The zero-order chi connectivity index (χ0) is 11.4. The number of rotatable bonds is 4. The van der Waals surface area contributed by atoms with E-state index in [9.17, 15) is 14.4 Å². The lowest BCUT2D eigenvalue weighted by atomic mass is 10.4. The van der Waals surface area contributed by atoms with Crippen molar-refractivity contribution >= 4 is 29.5 Å². The fourth-order valence-corrected chi connectivity index (χ4v) is 1.54. The van der Waals surface area contributed by atoms with E-state index >= 15 is 0 Å². The van der Waals surface area contributed by atoms with Crippen molar-refractivity contribution < 1.29 is 19.2 Å². The molecule has 6 heteroatoms. The average molecular weight is 231 g/mol. The van der Waals surface area contributed by atoms with Crippen molar-refractivity contribution in [2.45, 2.75) is 31.9 Å². The molecule has 1 rings (SSSR count). The molecule has 0 aromatic rings. The van der Waals surface area contributed by atoms with Gasteiger partial charge < -0.3 is 4.84 Å². The first-order chi connectivity index (χ1) is 7.00. The SMILES string of the molecule is CC(C)SCC(=O)ON1C(=O)CCC1=O. The molecule has 0 aromatic heterocycles. The number of carbonyl (C=O) groups is 3.